The van der Waals surface area contributed by atoms with Crippen molar-refractivity contribution in [2.45, 2.75) is 118 Å². The average molecular weight is 394 g/mol. The Labute approximate surface area is 182 Å². The van der Waals surface area contributed by atoms with Crippen molar-refractivity contribution in [3.8, 4) is 0 Å². The molecular weight excluding hydrogens is 340 g/mol. The minimum Gasteiger partial charge on any atom is -0.393 e. The van der Waals surface area contributed by atoms with Crippen LogP contribution >= 0.6 is 0 Å². The first-order valence-electron chi connectivity index (χ1n) is 14.8. The van der Waals surface area contributed by atoms with Crippen molar-refractivity contribution >= 4 is 0 Å². The number of hydrogen-bond donors (Lipinski definition) is 1. The molecule has 9 atom stereocenters. The third-order valence-corrected chi connectivity index (χ3v) is 10.0. The summed E-state index contributed by atoms with van der Waals surface area (Å²) in [6, 6.07) is 0. The summed E-state index contributed by atoms with van der Waals surface area (Å²) >= 11 is 0. The SMILES string of the molecule is [2H]C1([2H])C[C@@]2(C)[C@H](CC[C@@H]3[C@@H]2CC[C@]2(C)[C@@H]([C@H](C)CCCC(C)C)CC[C@@H]32)C([2H])([2H])[C@]1([2H])O. The lowest BCUT2D eigenvalue weighted by atomic mass is 9.44. The zero-order valence-corrected chi connectivity index (χ0v) is 19.1. The van der Waals surface area contributed by atoms with E-state index in [1.165, 1.54) is 32.1 Å². The second kappa shape index (κ2) is 7.90. The van der Waals surface area contributed by atoms with Gasteiger partial charge < -0.3 is 5.11 Å². The molecule has 4 rings (SSSR count). The van der Waals surface area contributed by atoms with Gasteiger partial charge in [-0.15, -0.1) is 0 Å². The fourth-order valence-corrected chi connectivity index (χ4v) is 8.46. The summed E-state index contributed by atoms with van der Waals surface area (Å²) in [6.07, 6.45) is 3.31. The maximum atomic E-state index is 10.7. The van der Waals surface area contributed by atoms with Gasteiger partial charge in [-0.2, -0.15) is 0 Å². The molecule has 4 fully saturated rings. The first-order chi connectivity index (χ1) is 15.1. The Morgan fingerprint density at radius 2 is 1.71 bits per heavy atom. The Bertz CT molecular complexity index is 736. The normalized spacial score (nSPS) is 58.2. The summed E-state index contributed by atoms with van der Waals surface area (Å²) in [5, 5.41) is 10.7. The lowest BCUT2D eigenvalue weighted by Crippen LogP contribution is -2.54. The predicted molar refractivity (Wildman–Crippen MR) is 119 cm³/mol. The largest absolute Gasteiger partial charge is 0.393 e. The van der Waals surface area contributed by atoms with Crippen LogP contribution in [0.4, 0.5) is 0 Å². The molecule has 4 aliphatic rings. The van der Waals surface area contributed by atoms with Crippen molar-refractivity contribution in [3.63, 3.8) is 0 Å². The molecule has 0 aliphatic heterocycles. The van der Waals surface area contributed by atoms with Crippen molar-refractivity contribution in [1.29, 1.82) is 0 Å². The molecule has 0 spiro atoms. The zero-order valence-electron chi connectivity index (χ0n) is 24.1. The number of fused-ring (bicyclic) bond motifs is 5. The van der Waals surface area contributed by atoms with Gasteiger partial charge in [-0.1, -0.05) is 53.9 Å². The lowest BCUT2D eigenvalue weighted by molar-refractivity contribution is -0.129. The van der Waals surface area contributed by atoms with Crippen molar-refractivity contribution in [3.05, 3.63) is 0 Å². The highest BCUT2D eigenvalue weighted by Gasteiger charge is 2.60. The monoisotopic (exact) mass is 393 g/mol. The molecule has 4 saturated carbocycles. The predicted octanol–water partition coefficient (Wildman–Crippen LogP) is 7.47. The van der Waals surface area contributed by atoms with Crippen LogP contribution in [0.15, 0.2) is 0 Å². The fraction of sp³-hybridized carbons (Fsp3) is 1.00. The van der Waals surface area contributed by atoms with E-state index in [-0.39, 0.29) is 6.42 Å². The molecular formula is C27H48O. The molecule has 4 aliphatic carbocycles. The highest BCUT2D eigenvalue weighted by atomic mass is 16.3. The number of hydrogen-bond acceptors (Lipinski definition) is 1. The molecule has 162 valence electrons. The standard InChI is InChI=1S/C27H48O/c1-18(2)7-6-8-19(3)23-11-12-24-22-10-9-20-17-21(28)13-15-26(20,4)25(22)14-16-27(23,24)5/h18-25,28H,6-17H2,1-5H3/t19-,20-,21-,22+,23-,24+,25+,26+,27-/m1/s1/i13D2,17D2,21D. The fourth-order valence-electron chi connectivity index (χ4n) is 8.46. The van der Waals surface area contributed by atoms with Crippen LogP contribution in [0.3, 0.4) is 0 Å². The van der Waals surface area contributed by atoms with Crippen LogP contribution in [0.5, 0.6) is 0 Å². The first-order valence-corrected chi connectivity index (χ1v) is 12.3. The van der Waals surface area contributed by atoms with Crippen LogP contribution in [-0.2, 0) is 0 Å². The van der Waals surface area contributed by atoms with Crippen molar-refractivity contribution < 1.29 is 12.0 Å². The molecule has 0 aromatic heterocycles. The summed E-state index contributed by atoms with van der Waals surface area (Å²) in [5.41, 5.74) is -0.143. The summed E-state index contributed by atoms with van der Waals surface area (Å²) < 4.78 is 42.7. The van der Waals surface area contributed by atoms with Crippen molar-refractivity contribution in [2.24, 2.45) is 52.3 Å². The Hall–Kier alpha value is -0.0400. The molecule has 28 heavy (non-hydrogen) atoms. The highest BCUT2D eigenvalue weighted by Crippen LogP contribution is 2.68. The second-order valence-corrected chi connectivity index (χ2v) is 11.9. The molecule has 0 radical (unpaired) electrons. The Morgan fingerprint density at radius 3 is 2.46 bits per heavy atom. The second-order valence-electron chi connectivity index (χ2n) is 11.9. The summed E-state index contributed by atoms with van der Waals surface area (Å²) in [4.78, 5) is 0. The number of aliphatic hydroxyl groups is 1. The molecule has 0 heterocycles. The van der Waals surface area contributed by atoms with Gasteiger partial charge in [0, 0.05) is 5.48 Å². The maximum Gasteiger partial charge on any atom is 0.0600 e. The molecule has 0 bridgehead atoms. The van der Waals surface area contributed by atoms with Gasteiger partial charge in [0.05, 0.1) is 7.45 Å². The van der Waals surface area contributed by atoms with E-state index in [0.717, 1.165) is 37.0 Å². The minimum absolute atomic E-state index is 0.101. The van der Waals surface area contributed by atoms with Crippen LogP contribution in [0, 0.1) is 52.3 Å². The summed E-state index contributed by atoms with van der Waals surface area (Å²) in [7, 11) is 0. The summed E-state index contributed by atoms with van der Waals surface area (Å²) in [6.45, 7) is 11.7. The van der Waals surface area contributed by atoms with Gasteiger partial charge >= 0.3 is 0 Å². The molecule has 0 aromatic carbocycles. The van der Waals surface area contributed by atoms with E-state index in [9.17, 15) is 5.11 Å². The van der Waals surface area contributed by atoms with Gasteiger partial charge in [-0.3, -0.25) is 0 Å². The van der Waals surface area contributed by atoms with E-state index < -0.39 is 30.2 Å². The topological polar surface area (TPSA) is 20.2 Å². The molecule has 0 aromatic rings. The smallest absolute Gasteiger partial charge is 0.0600 e. The lowest BCUT2D eigenvalue weighted by Gasteiger charge is -2.61. The van der Waals surface area contributed by atoms with Crippen LogP contribution in [0.25, 0.3) is 0 Å². The molecule has 1 heteroatoms. The molecule has 1 nitrogen and oxygen atoms in total. The third kappa shape index (κ3) is 3.50. The van der Waals surface area contributed by atoms with Gasteiger partial charge in [-0.05, 0) is 110 Å². The van der Waals surface area contributed by atoms with E-state index >= 15 is 0 Å². The van der Waals surface area contributed by atoms with Crippen molar-refractivity contribution in [2.75, 3.05) is 0 Å². The molecule has 0 saturated heterocycles. The van der Waals surface area contributed by atoms with Crippen LogP contribution in [-0.4, -0.2) is 11.2 Å². The molecule has 0 amide bonds. The number of rotatable bonds is 5. The van der Waals surface area contributed by atoms with E-state index in [1.807, 2.05) is 0 Å². The summed E-state index contributed by atoms with van der Waals surface area (Å²) in [5.74, 6) is 3.32. The third-order valence-electron chi connectivity index (χ3n) is 10.0. The quantitative estimate of drug-likeness (QED) is 0.513. The molecule has 0 unspecified atom stereocenters. The van der Waals surface area contributed by atoms with Gasteiger partial charge in [0.25, 0.3) is 0 Å². The Kier molecular flexibility index (Phi) is 4.43. The van der Waals surface area contributed by atoms with E-state index in [1.54, 1.807) is 0 Å². The Morgan fingerprint density at radius 1 is 0.964 bits per heavy atom. The van der Waals surface area contributed by atoms with Gasteiger partial charge in [0.2, 0.25) is 0 Å². The van der Waals surface area contributed by atoms with E-state index in [2.05, 4.69) is 34.6 Å². The van der Waals surface area contributed by atoms with Crippen LogP contribution in [0.1, 0.15) is 118 Å². The van der Waals surface area contributed by atoms with Gasteiger partial charge in [0.15, 0.2) is 0 Å². The highest BCUT2D eigenvalue weighted by molar-refractivity contribution is 5.09. The molecule has 1 N–H and O–H groups in total. The first kappa shape index (κ1) is 15.7. The van der Waals surface area contributed by atoms with Crippen LogP contribution in [0.2, 0.25) is 0 Å². The van der Waals surface area contributed by atoms with Crippen LogP contribution < -0.4 is 0 Å². The van der Waals surface area contributed by atoms with Gasteiger partial charge in [-0.25, -0.2) is 0 Å². The average Bonchev–Trinajstić information content (AvgIpc) is 3.03. The Balaban J connectivity index is 1.56. The zero-order chi connectivity index (χ0) is 24.6. The van der Waals surface area contributed by atoms with E-state index in [0.29, 0.717) is 29.6 Å². The van der Waals surface area contributed by atoms with Crippen molar-refractivity contribution in [1.82, 2.24) is 0 Å². The maximum absolute atomic E-state index is 10.7. The minimum atomic E-state index is -2.69. The van der Waals surface area contributed by atoms with E-state index in [4.69, 9.17) is 6.85 Å². The van der Waals surface area contributed by atoms with Gasteiger partial charge in [0.1, 0.15) is 0 Å².